The lowest BCUT2D eigenvalue weighted by Gasteiger charge is -2.02. The highest BCUT2D eigenvalue weighted by molar-refractivity contribution is 6.18. The number of nitrogens with one attached hydrogen (secondary N) is 1. The smallest absolute Gasteiger partial charge is 0.0992 e. The van der Waals surface area contributed by atoms with Gasteiger partial charge in [0.05, 0.1) is 11.6 Å². The molecule has 0 aliphatic rings. The van der Waals surface area contributed by atoms with Crippen molar-refractivity contribution in [2.45, 2.75) is 0 Å². The van der Waals surface area contributed by atoms with Crippen molar-refractivity contribution in [2.75, 3.05) is 17.7 Å². The minimum Gasteiger partial charge on any atom is -0.384 e. The van der Waals surface area contributed by atoms with Crippen molar-refractivity contribution < 1.29 is 0 Å². The molecule has 0 unspecified atom stereocenters. The summed E-state index contributed by atoms with van der Waals surface area (Å²) in [6.07, 6.45) is 0. The minimum atomic E-state index is 0.566. The summed E-state index contributed by atoms with van der Waals surface area (Å²) in [6, 6.07) is 9.39. The molecule has 2 nitrogen and oxygen atoms in total. The van der Waals surface area contributed by atoms with Crippen LogP contribution in [-0.4, -0.2) is 12.4 Å². The first kappa shape index (κ1) is 8.89. The Hall–Kier alpha value is -1.20. The molecule has 1 N–H and O–H groups in total. The van der Waals surface area contributed by atoms with Gasteiger partial charge in [-0.2, -0.15) is 5.26 Å². The molecular weight excluding hydrogens is 172 g/mol. The summed E-state index contributed by atoms with van der Waals surface area (Å²) < 4.78 is 0. The Morgan fingerprint density at radius 2 is 2.33 bits per heavy atom. The predicted octanol–water partition coefficient (Wildman–Crippen LogP) is 2.21. The summed E-state index contributed by atoms with van der Waals surface area (Å²) in [4.78, 5) is 0. The number of halogens is 1. The van der Waals surface area contributed by atoms with Crippen molar-refractivity contribution in [1.29, 1.82) is 5.26 Å². The average molecular weight is 181 g/mol. The van der Waals surface area contributed by atoms with Crippen LogP contribution in [0.5, 0.6) is 0 Å². The van der Waals surface area contributed by atoms with Gasteiger partial charge in [0.15, 0.2) is 0 Å². The lowest BCUT2D eigenvalue weighted by molar-refractivity contribution is 1.22. The average Bonchev–Trinajstić information content (AvgIpc) is 2.15. The second-order valence-electron chi connectivity index (χ2n) is 2.31. The van der Waals surface area contributed by atoms with Gasteiger partial charge in [0.1, 0.15) is 0 Å². The largest absolute Gasteiger partial charge is 0.384 e. The van der Waals surface area contributed by atoms with Crippen molar-refractivity contribution in [2.24, 2.45) is 0 Å². The highest BCUT2D eigenvalue weighted by atomic mass is 35.5. The van der Waals surface area contributed by atoms with Gasteiger partial charge in [0.25, 0.3) is 0 Å². The molecular formula is C9H9ClN2. The quantitative estimate of drug-likeness (QED) is 0.724. The molecule has 0 bridgehead atoms. The van der Waals surface area contributed by atoms with Crippen LogP contribution in [0.15, 0.2) is 24.3 Å². The number of alkyl halides is 1. The normalized spacial score (nSPS) is 9.00. The van der Waals surface area contributed by atoms with E-state index in [4.69, 9.17) is 16.9 Å². The van der Waals surface area contributed by atoms with Crippen LogP contribution in [-0.2, 0) is 0 Å². The molecule has 62 valence electrons. The highest BCUT2D eigenvalue weighted by Gasteiger charge is 1.92. The third-order valence-electron chi connectivity index (χ3n) is 1.42. The third-order valence-corrected chi connectivity index (χ3v) is 1.60. The highest BCUT2D eigenvalue weighted by Crippen LogP contribution is 2.08. The van der Waals surface area contributed by atoms with E-state index in [0.29, 0.717) is 11.4 Å². The van der Waals surface area contributed by atoms with E-state index in [1.54, 1.807) is 12.1 Å². The van der Waals surface area contributed by atoms with Gasteiger partial charge < -0.3 is 5.32 Å². The molecule has 0 heterocycles. The zero-order chi connectivity index (χ0) is 8.81. The molecule has 3 heteroatoms. The van der Waals surface area contributed by atoms with E-state index in [1.165, 1.54) is 0 Å². The Bertz CT molecular complexity index is 291. The van der Waals surface area contributed by atoms with Gasteiger partial charge in [-0.1, -0.05) is 6.07 Å². The first-order valence-corrected chi connectivity index (χ1v) is 4.20. The van der Waals surface area contributed by atoms with Crippen LogP contribution in [0.1, 0.15) is 5.56 Å². The topological polar surface area (TPSA) is 35.8 Å². The van der Waals surface area contributed by atoms with Crippen molar-refractivity contribution >= 4 is 17.3 Å². The standard InChI is InChI=1S/C9H9ClN2/c10-4-5-12-9-3-1-2-8(6-9)7-11/h1-3,6,12H,4-5H2. The van der Waals surface area contributed by atoms with E-state index < -0.39 is 0 Å². The molecule has 0 atom stereocenters. The van der Waals surface area contributed by atoms with Gasteiger partial charge in [-0.05, 0) is 18.2 Å². The Labute approximate surface area is 76.8 Å². The maximum Gasteiger partial charge on any atom is 0.0992 e. The molecule has 1 rings (SSSR count). The minimum absolute atomic E-state index is 0.566. The fraction of sp³-hybridized carbons (Fsp3) is 0.222. The maximum absolute atomic E-state index is 8.58. The number of hydrogen-bond acceptors (Lipinski definition) is 2. The first-order chi connectivity index (χ1) is 5.86. The molecule has 0 amide bonds. The molecule has 0 radical (unpaired) electrons. The molecule has 12 heavy (non-hydrogen) atoms. The van der Waals surface area contributed by atoms with Crippen molar-refractivity contribution in [3.63, 3.8) is 0 Å². The number of rotatable bonds is 3. The predicted molar refractivity (Wildman–Crippen MR) is 50.4 cm³/mol. The molecule has 0 aliphatic heterocycles. The maximum atomic E-state index is 8.58. The van der Waals surface area contributed by atoms with Crippen LogP contribution in [0, 0.1) is 11.3 Å². The van der Waals surface area contributed by atoms with E-state index >= 15 is 0 Å². The number of hydrogen-bond donors (Lipinski definition) is 1. The zero-order valence-electron chi connectivity index (χ0n) is 6.55. The molecule has 0 saturated heterocycles. The van der Waals surface area contributed by atoms with Gasteiger partial charge in [-0.3, -0.25) is 0 Å². The molecule has 1 aromatic carbocycles. The van der Waals surface area contributed by atoms with Crippen molar-refractivity contribution in [1.82, 2.24) is 0 Å². The SMILES string of the molecule is N#Cc1cccc(NCCCl)c1. The Balaban J connectivity index is 2.68. The van der Waals surface area contributed by atoms with Gasteiger partial charge in [0.2, 0.25) is 0 Å². The molecule has 0 aliphatic carbocycles. The molecule has 0 spiro atoms. The summed E-state index contributed by atoms with van der Waals surface area (Å²) in [5, 5.41) is 11.7. The third kappa shape index (κ3) is 2.44. The van der Waals surface area contributed by atoms with Gasteiger partial charge in [0, 0.05) is 18.1 Å². The summed E-state index contributed by atoms with van der Waals surface area (Å²) >= 11 is 5.50. The van der Waals surface area contributed by atoms with Crippen LogP contribution in [0.2, 0.25) is 0 Å². The Morgan fingerprint density at radius 3 is 3.00 bits per heavy atom. The number of nitrogens with zero attached hydrogens (tertiary/aromatic N) is 1. The lowest BCUT2D eigenvalue weighted by atomic mass is 10.2. The van der Waals surface area contributed by atoms with Gasteiger partial charge >= 0.3 is 0 Å². The number of nitriles is 1. The van der Waals surface area contributed by atoms with E-state index in [2.05, 4.69) is 11.4 Å². The van der Waals surface area contributed by atoms with E-state index in [9.17, 15) is 0 Å². The van der Waals surface area contributed by atoms with E-state index in [-0.39, 0.29) is 0 Å². The van der Waals surface area contributed by atoms with Crippen molar-refractivity contribution in [3.05, 3.63) is 29.8 Å². The number of anilines is 1. The monoisotopic (exact) mass is 180 g/mol. The van der Waals surface area contributed by atoms with Crippen LogP contribution >= 0.6 is 11.6 Å². The number of benzene rings is 1. The molecule has 0 fully saturated rings. The second-order valence-corrected chi connectivity index (χ2v) is 2.69. The first-order valence-electron chi connectivity index (χ1n) is 3.67. The van der Waals surface area contributed by atoms with E-state index in [0.717, 1.165) is 12.2 Å². The zero-order valence-corrected chi connectivity index (χ0v) is 7.30. The summed E-state index contributed by atoms with van der Waals surface area (Å²) in [7, 11) is 0. The fourth-order valence-corrected chi connectivity index (χ4v) is 0.985. The summed E-state index contributed by atoms with van der Waals surface area (Å²) in [5.41, 5.74) is 1.60. The summed E-state index contributed by atoms with van der Waals surface area (Å²) in [6.45, 7) is 0.719. The fourth-order valence-electron chi connectivity index (χ4n) is 0.890. The lowest BCUT2D eigenvalue weighted by Crippen LogP contribution is -2.01. The van der Waals surface area contributed by atoms with Gasteiger partial charge in [-0.25, -0.2) is 0 Å². The van der Waals surface area contributed by atoms with Crippen LogP contribution in [0.4, 0.5) is 5.69 Å². The van der Waals surface area contributed by atoms with Crippen LogP contribution in [0.3, 0.4) is 0 Å². The molecule has 0 saturated carbocycles. The Kier molecular flexibility index (Phi) is 3.43. The second kappa shape index (κ2) is 4.63. The van der Waals surface area contributed by atoms with E-state index in [1.807, 2.05) is 12.1 Å². The molecule has 0 aromatic heterocycles. The summed E-state index contributed by atoms with van der Waals surface area (Å²) in [5.74, 6) is 0.566. The Morgan fingerprint density at radius 1 is 1.50 bits per heavy atom. The van der Waals surface area contributed by atoms with Gasteiger partial charge in [-0.15, -0.1) is 11.6 Å². The van der Waals surface area contributed by atoms with Crippen LogP contribution in [0.25, 0.3) is 0 Å². The van der Waals surface area contributed by atoms with Crippen molar-refractivity contribution in [3.8, 4) is 6.07 Å². The van der Waals surface area contributed by atoms with Crippen LogP contribution < -0.4 is 5.32 Å². The molecule has 1 aromatic rings.